The lowest BCUT2D eigenvalue weighted by molar-refractivity contribution is 0.528. The predicted octanol–water partition coefficient (Wildman–Crippen LogP) is 3.23. The first-order chi connectivity index (χ1) is 10.1. The van der Waals surface area contributed by atoms with Gasteiger partial charge >= 0.3 is 0 Å². The van der Waals surface area contributed by atoms with Gasteiger partial charge in [-0.2, -0.15) is 0 Å². The van der Waals surface area contributed by atoms with Crippen LogP contribution in [-0.2, 0) is 12.8 Å². The highest BCUT2D eigenvalue weighted by atomic mass is 79.9. The van der Waals surface area contributed by atoms with Gasteiger partial charge in [-0.25, -0.2) is 0 Å². The Morgan fingerprint density at radius 2 is 2.00 bits per heavy atom. The van der Waals surface area contributed by atoms with Crippen molar-refractivity contribution in [3.8, 4) is 11.5 Å². The first-order valence-corrected chi connectivity index (χ1v) is 7.99. The van der Waals surface area contributed by atoms with Gasteiger partial charge in [-0.05, 0) is 35.0 Å². The molecule has 108 valence electrons. The minimum absolute atomic E-state index is 0.507. The van der Waals surface area contributed by atoms with Gasteiger partial charge < -0.3 is 8.98 Å². The number of hydrogen-bond donors (Lipinski definition) is 0. The summed E-state index contributed by atoms with van der Waals surface area (Å²) in [6, 6.07) is 7.75. The molecule has 0 saturated heterocycles. The predicted molar refractivity (Wildman–Crippen MR) is 82.7 cm³/mol. The van der Waals surface area contributed by atoms with E-state index < -0.39 is 0 Å². The summed E-state index contributed by atoms with van der Waals surface area (Å²) in [4.78, 5) is 0. The van der Waals surface area contributed by atoms with Crippen molar-refractivity contribution in [2.24, 2.45) is 7.05 Å². The average Bonchev–Trinajstić information content (AvgIpc) is 3.06. The van der Waals surface area contributed by atoms with Gasteiger partial charge in [0.25, 0.3) is 0 Å². The quantitative estimate of drug-likeness (QED) is 0.661. The van der Waals surface area contributed by atoms with Gasteiger partial charge in [-0.1, -0.05) is 23.9 Å². The number of thioether (sulfide) groups is 1. The smallest absolute Gasteiger partial charge is 0.248 e. The summed E-state index contributed by atoms with van der Waals surface area (Å²) < 4.78 is 8.54. The van der Waals surface area contributed by atoms with Crippen LogP contribution in [-0.4, -0.2) is 25.0 Å². The third-order valence-corrected chi connectivity index (χ3v) is 4.64. The Morgan fingerprint density at radius 3 is 2.71 bits per heavy atom. The van der Waals surface area contributed by atoms with Crippen LogP contribution in [0.25, 0.3) is 11.5 Å². The van der Waals surface area contributed by atoms with Gasteiger partial charge in [-0.3, -0.25) is 0 Å². The minimum Gasteiger partial charge on any atom is -0.420 e. The number of aryl methyl sites for hydroxylation is 1. The molecule has 3 aromatic rings. The first-order valence-electron chi connectivity index (χ1n) is 6.21. The Morgan fingerprint density at radius 1 is 1.19 bits per heavy atom. The first kappa shape index (κ1) is 14.3. The lowest BCUT2D eigenvalue weighted by Gasteiger charge is -1.99. The number of benzene rings is 1. The Balaban J connectivity index is 1.74. The Bertz CT molecular complexity index is 770. The molecule has 0 aliphatic rings. The second-order valence-corrected chi connectivity index (χ2v) is 6.16. The molecule has 0 aliphatic carbocycles. The molecular weight excluding hydrogens is 354 g/mol. The fourth-order valence-corrected chi connectivity index (χ4v) is 2.94. The standard InChI is InChI=1S/C13H12BrN5OS/c1-8-15-18-13(19(8)2)21-7-11-16-17-12(20-11)9-5-3-4-6-10(9)14/h3-6H,7H2,1-2H3. The van der Waals surface area contributed by atoms with E-state index in [0.29, 0.717) is 17.5 Å². The van der Waals surface area contributed by atoms with Gasteiger partial charge in [0.05, 0.1) is 11.3 Å². The monoisotopic (exact) mass is 365 g/mol. The molecular formula is C13H12BrN5OS. The molecule has 0 spiro atoms. The van der Waals surface area contributed by atoms with Gasteiger partial charge in [0.1, 0.15) is 5.82 Å². The van der Waals surface area contributed by atoms with E-state index in [0.717, 1.165) is 21.0 Å². The Hall–Kier alpha value is -1.67. The molecule has 0 unspecified atom stereocenters. The number of halogens is 1. The number of hydrogen-bond acceptors (Lipinski definition) is 6. The van der Waals surface area contributed by atoms with Gasteiger partial charge in [0.15, 0.2) is 5.16 Å². The van der Waals surface area contributed by atoms with Crippen molar-refractivity contribution in [3.05, 3.63) is 40.5 Å². The largest absolute Gasteiger partial charge is 0.420 e. The van der Waals surface area contributed by atoms with Crippen LogP contribution in [0.5, 0.6) is 0 Å². The molecule has 0 aliphatic heterocycles. The molecule has 0 bridgehead atoms. The van der Waals surface area contributed by atoms with Crippen LogP contribution >= 0.6 is 27.7 Å². The number of aromatic nitrogens is 5. The van der Waals surface area contributed by atoms with Crippen LogP contribution in [0.15, 0.2) is 38.3 Å². The molecule has 8 heteroatoms. The van der Waals surface area contributed by atoms with Crippen molar-refractivity contribution in [1.82, 2.24) is 25.0 Å². The van der Waals surface area contributed by atoms with Crippen LogP contribution < -0.4 is 0 Å². The van der Waals surface area contributed by atoms with Crippen LogP contribution in [0, 0.1) is 6.92 Å². The van der Waals surface area contributed by atoms with E-state index >= 15 is 0 Å². The lowest BCUT2D eigenvalue weighted by atomic mass is 10.2. The fourth-order valence-electron chi connectivity index (χ4n) is 1.70. The molecule has 0 N–H and O–H groups in total. The Kier molecular flexibility index (Phi) is 4.07. The SMILES string of the molecule is Cc1nnc(SCc2nnc(-c3ccccc3Br)o2)n1C. The molecule has 0 radical (unpaired) electrons. The van der Waals surface area contributed by atoms with Crippen molar-refractivity contribution in [1.29, 1.82) is 0 Å². The van der Waals surface area contributed by atoms with E-state index in [4.69, 9.17) is 4.42 Å². The molecule has 0 amide bonds. The highest BCUT2D eigenvalue weighted by Crippen LogP contribution is 2.28. The van der Waals surface area contributed by atoms with Crippen LogP contribution in [0.4, 0.5) is 0 Å². The fraction of sp³-hybridized carbons (Fsp3) is 0.231. The molecule has 0 saturated carbocycles. The van der Waals surface area contributed by atoms with Crippen LogP contribution in [0.1, 0.15) is 11.7 Å². The Labute approximate surface area is 134 Å². The molecule has 2 aromatic heterocycles. The normalized spacial score (nSPS) is 11.0. The third-order valence-electron chi connectivity index (χ3n) is 2.95. The maximum absolute atomic E-state index is 5.69. The van der Waals surface area contributed by atoms with Gasteiger partial charge in [0.2, 0.25) is 11.8 Å². The molecule has 2 heterocycles. The second kappa shape index (κ2) is 5.98. The summed E-state index contributed by atoms with van der Waals surface area (Å²) in [5, 5.41) is 17.1. The maximum Gasteiger partial charge on any atom is 0.248 e. The second-order valence-electron chi connectivity index (χ2n) is 4.36. The van der Waals surface area contributed by atoms with E-state index in [1.54, 1.807) is 0 Å². The number of rotatable bonds is 4. The van der Waals surface area contributed by atoms with Crippen molar-refractivity contribution in [3.63, 3.8) is 0 Å². The van der Waals surface area contributed by atoms with E-state index in [9.17, 15) is 0 Å². The molecule has 0 fully saturated rings. The van der Waals surface area contributed by atoms with Crippen molar-refractivity contribution < 1.29 is 4.42 Å². The molecule has 1 aromatic carbocycles. The van der Waals surface area contributed by atoms with Crippen molar-refractivity contribution in [2.45, 2.75) is 17.8 Å². The van der Waals surface area contributed by atoms with Gasteiger partial charge in [-0.15, -0.1) is 20.4 Å². The van der Waals surface area contributed by atoms with E-state index in [-0.39, 0.29) is 0 Å². The maximum atomic E-state index is 5.69. The minimum atomic E-state index is 0.507. The third kappa shape index (κ3) is 3.01. The summed E-state index contributed by atoms with van der Waals surface area (Å²) in [5.74, 6) is 2.50. The zero-order chi connectivity index (χ0) is 14.8. The zero-order valence-electron chi connectivity index (χ0n) is 11.4. The summed E-state index contributed by atoms with van der Waals surface area (Å²) in [7, 11) is 1.93. The highest BCUT2D eigenvalue weighted by molar-refractivity contribution is 9.10. The summed E-state index contributed by atoms with van der Waals surface area (Å²) in [5.41, 5.74) is 0.885. The summed E-state index contributed by atoms with van der Waals surface area (Å²) >= 11 is 4.99. The van der Waals surface area contributed by atoms with Crippen molar-refractivity contribution in [2.75, 3.05) is 0 Å². The van der Waals surface area contributed by atoms with Crippen LogP contribution in [0.3, 0.4) is 0 Å². The highest BCUT2D eigenvalue weighted by Gasteiger charge is 2.13. The number of nitrogens with zero attached hydrogens (tertiary/aromatic N) is 5. The van der Waals surface area contributed by atoms with Crippen molar-refractivity contribution >= 4 is 27.7 Å². The molecule has 0 atom stereocenters. The topological polar surface area (TPSA) is 69.6 Å². The lowest BCUT2D eigenvalue weighted by Crippen LogP contribution is -1.93. The average molecular weight is 366 g/mol. The zero-order valence-corrected chi connectivity index (χ0v) is 13.8. The summed E-state index contributed by atoms with van der Waals surface area (Å²) in [6.45, 7) is 1.91. The van der Waals surface area contributed by atoms with Crippen LogP contribution in [0.2, 0.25) is 0 Å². The van der Waals surface area contributed by atoms with Gasteiger partial charge in [0, 0.05) is 11.5 Å². The van der Waals surface area contributed by atoms with E-state index in [1.807, 2.05) is 42.8 Å². The molecule has 21 heavy (non-hydrogen) atoms. The summed E-state index contributed by atoms with van der Waals surface area (Å²) in [6.07, 6.45) is 0. The molecule has 3 rings (SSSR count). The molecule has 6 nitrogen and oxygen atoms in total. The van der Waals surface area contributed by atoms with E-state index in [2.05, 4.69) is 36.3 Å². The van der Waals surface area contributed by atoms with E-state index in [1.165, 1.54) is 11.8 Å².